The summed E-state index contributed by atoms with van der Waals surface area (Å²) in [5, 5.41) is 0. The van der Waals surface area contributed by atoms with Gasteiger partial charge in [0.15, 0.2) is 11.6 Å². The van der Waals surface area contributed by atoms with Gasteiger partial charge in [-0.1, -0.05) is 18.2 Å². The zero-order valence-corrected chi connectivity index (χ0v) is 13.2. The number of rotatable bonds is 6. The number of aryl methyl sites for hydroxylation is 1. The summed E-state index contributed by atoms with van der Waals surface area (Å²) in [4.78, 5) is 13.7. The second-order valence-corrected chi connectivity index (χ2v) is 5.35. The standard InChI is InChI=1S/C18H19F2NO2/c1-21(12-14-5-9-17(23-2)16(20)11-14)18(22)10-6-13-3-7-15(19)8-4-13/h3-5,7-9,11H,6,10,12H2,1-2H3. The molecule has 3 nitrogen and oxygen atoms in total. The van der Waals surface area contributed by atoms with Gasteiger partial charge in [-0.2, -0.15) is 0 Å². The SMILES string of the molecule is COc1ccc(CN(C)C(=O)CCc2ccc(F)cc2)cc1F. The fourth-order valence-corrected chi connectivity index (χ4v) is 2.26. The summed E-state index contributed by atoms with van der Waals surface area (Å²) in [6.07, 6.45) is 0.862. The van der Waals surface area contributed by atoms with Crippen LogP contribution in [0.15, 0.2) is 42.5 Å². The lowest BCUT2D eigenvalue weighted by molar-refractivity contribution is -0.130. The molecule has 2 rings (SSSR count). The van der Waals surface area contributed by atoms with Crippen LogP contribution in [0.5, 0.6) is 5.75 Å². The van der Waals surface area contributed by atoms with E-state index in [9.17, 15) is 13.6 Å². The van der Waals surface area contributed by atoms with E-state index < -0.39 is 5.82 Å². The van der Waals surface area contributed by atoms with Crippen LogP contribution >= 0.6 is 0 Å². The molecule has 0 saturated heterocycles. The van der Waals surface area contributed by atoms with Crippen LogP contribution in [0.1, 0.15) is 17.5 Å². The normalized spacial score (nSPS) is 10.4. The Morgan fingerprint density at radius 2 is 1.74 bits per heavy atom. The Morgan fingerprint density at radius 1 is 1.09 bits per heavy atom. The molecule has 0 aliphatic heterocycles. The number of hydrogen-bond acceptors (Lipinski definition) is 2. The number of nitrogens with zero attached hydrogens (tertiary/aromatic N) is 1. The number of halogens is 2. The molecule has 0 aromatic heterocycles. The van der Waals surface area contributed by atoms with Crippen LogP contribution < -0.4 is 4.74 Å². The van der Waals surface area contributed by atoms with E-state index in [1.807, 2.05) is 0 Å². The van der Waals surface area contributed by atoms with Crippen molar-refractivity contribution in [3.8, 4) is 5.75 Å². The van der Waals surface area contributed by atoms with Gasteiger partial charge in [-0.25, -0.2) is 8.78 Å². The minimum absolute atomic E-state index is 0.0504. The van der Waals surface area contributed by atoms with Gasteiger partial charge in [0.1, 0.15) is 5.82 Å². The Morgan fingerprint density at radius 3 is 2.35 bits per heavy atom. The van der Waals surface area contributed by atoms with Gasteiger partial charge in [0, 0.05) is 20.0 Å². The molecule has 0 bridgehead atoms. The first-order chi connectivity index (χ1) is 11.0. The van der Waals surface area contributed by atoms with Crippen LogP contribution in [-0.2, 0) is 17.8 Å². The zero-order valence-electron chi connectivity index (χ0n) is 13.2. The lowest BCUT2D eigenvalue weighted by Crippen LogP contribution is -2.26. The lowest BCUT2D eigenvalue weighted by atomic mass is 10.1. The number of amides is 1. The van der Waals surface area contributed by atoms with E-state index in [1.54, 1.807) is 36.2 Å². The first kappa shape index (κ1) is 16.9. The molecule has 0 unspecified atom stereocenters. The second kappa shape index (κ2) is 7.72. The van der Waals surface area contributed by atoms with Gasteiger partial charge >= 0.3 is 0 Å². The van der Waals surface area contributed by atoms with E-state index in [2.05, 4.69) is 0 Å². The second-order valence-electron chi connectivity index (χ2n) is 5.35. The monoisotopic (exact) mass is 319 g/mol. The van der Waals surface area contributed by atoms with E-state index in [0.717, 1.165) is 5.56 Å². The van der Waals surface area contributed by atoms with Gasteiger partial charge in [-0.15, -0.1) is 0 Å². The lowest BCUT2D eigenvalue weighted by Gasteiger charge is -2.17. The number of carbonyl (C=O) groups is 1. The maximum absolute atomic E-state index is 13.6. The first-order valence-electron chi connectivity index (χ1n) is 7.30. The van der Waals surface area contributed by atoms with Gasteiger partial charge in [0.2, 0.25) is 5.91 Å². The molecule has 0 aliphatic rings. The van der Waals surface area contributed by atoms with E-state index in [4.69, 9.17) is 4.74 Å². The number of hydrogen-bond donors (Lipinski definition) is 0. The molecular weight excluding hydrogens is 300 g/mol. The van der Waals surface area contributed by atoms with Crippen molar-refractivity contribution in [3.05, 3.63) is 65.2 Å². The summed E-state index contributed by atoms with van der Waals surface area (Å²) >= 11 is 0. The van der Waals surface area contributed by atoms with Crippen LogP contribution in [-0.4, -0.2) is 25.0 Å². The highest BCUT2D eigenvalue weighted by atomic mass is 19.1. The van der Waals surface area contributed by atoms with E-state index in [0.29, 0.717) is 24.9 Å². The van der Waals surface area contributed by atoms with Crippen molar-refractivity contribution in [2.45, 2.75) is 19.4 Å². The van der Waals surface area contributed by atoms with E-state index in [-0.39, 0.29) is 17.5 Å². The number of ether oxygens (including phenoxy) is 1. The molecule has 0 N–H and O–H groups in total. The van der Waals surface area contributed by atoms with E-state index in [1.165, 1.54) is 25.3 Å². The Balaban J connectivity index is 1.89. The van der Waals surface area contributed by atoms with Crippen LogP contribution in [0.4, 0.5) is 8.78 Å². The largest absolute Gasteiger partial charge is 0.494 e. The molecule has 5 heteroatoms. The summed E-state index contributed by atoms with van der Waals surface area (Å²) < 4.78 is 31.3. The average Bonchev–Trinajstić information content (AvgIpc) is 2.54. The molecule has 0 atom stereocenters. The molecule has 1 amide bonds. The summed E-state index contributed by atoms with van der Waals surface area (Å²) in [5.41, 5.74) is 1.60. The molecule has 0 fully saturated rings. The minimum Gasteiger partial charge on any atom is -0.494 e. The molecule has 2 aromatic rings. The van der Waals surface area contributed by atoms with Crippen molar-refractivity contribution in [1.29, 1.82) is 0 Å². The van der Waals surface area contributed by atoms with Crippen LogP contribution in [0.3, 0.4) is 0 Å². The third kappa shape index (κ3) is 4.77. The average molecular weight is 319 g/mol. The van der Waals surface area contributed by atoms with Crippen molar-refractivity contribution in [2.24, 2.45) is 0 Å². The predicted octanol–water partition coefficient (Wildman–Crippen LogP) is 3.56. The topological polar surface area (TPSA) is 29.5 Å². The van der Waals surface area contributed by atoms with Crippen molar-refractivity contribution >= 4 is 5.91 Å². The highest BCUT2D eigenvalue weighted by molar-refractivity contribution is 5.76. The van der Waals surface area contributed by atoms with Crippen LogP contribution in [0, 0.1) is 11.6 Å². The smallest absolute Gasteiger partial charge is 0.222 e. The molecule has 2 aromatic carbocycles. The van der Waals surface area contributed by atoms with Crippen LogP contribution in [0.2, 0.25) is 0 Å². The number of carbonyl (C=O) groups excluding carboxylic acids is 1. The molecule has 0 radical (unpaired) electrons. The predicted molar refractivity (Wildman–Crippen MR) is 84.1 cm³/mol. The van der Waals surface area contributed by atoms with Crippen molar-refractivity contribution in [3.63, 3.8) is 0 Å². The van der Waals surface area contributed by atoms with Crippen LogP contribution in [0.25, 0.3) is 0 Å². The van der Waals surface area contributed by atoms with Gasteiger partial charge in [0.25, 0.3) is 0 Å². The summed E-state index contributed by atoms with van der Waals surface area (Å²) in [6, 6.07) is 10.7. The summed E-state index contributed by atoms with van der Waals surface area (Å²) in [6.45, 7) is 0.323. The number of benzene rings is 2. The van der Waals surface area contributed by atoms with Crippen molar-refractivity contribution < 1.29 is 18.3 Å². The highest BCUT2D eigenvalue weighted by Crippen LogP contribution is 2.18. The summed E-state index contributed by atoms with van der Waals surface area (Å²) in [5.74, 6) is -0.611. The quantitative estimate of drug-likeness (QED) is 0.815. The number of methoxy groups -OCH3 is 1. The zero-order chi connectivity index (χ0) is 16.8. The van der Waals surface area contributed by atoms with Gasteiger partial charge < -0.3 is 9.64 Å². The first-order valence-corrected chi connectivity index (χ1v) is 7.30. The maximum Gasteiger partial charge on any atom is 0.222 e. The van der Waals surface area contributed by atoms with Gasteiger partial charge in [-0.05, 0) is 41.8 Å². The molecule has 0 spiro atoms. The van der Waals surface area contributed by atoms with Crippen molar-refractivity contribution in [1.82, 2.24) is 4.90 Å². The third-order valence-electron chi connectivity index (χ3n) is 3.60. The molecule has 122 valence electrons. The molecule has 0 heterocycles. The van der Waals surface area contributed by atoms with Gasteiger partial charge in [0.05, 0.1) is 7.11 Å². The Labute approximate surface area is 134 Å². The Kier molecular flexibility index (Phi) is 5.68. The Hall–Kier alpha value is -2.43. The molecule has 0 saturated carbocycles. The molecular formula is C18H19F2NO2. The van der Waals surface area contributed by atoms with Gasteiger partial charge in [-0.3, -0.25) is 4.79 Å². The van der Waals surface area contributed by atoms with Crippen molar-refractivity contribution in [2.75, 3.05) is 14.2 Å². The fourth-order valence-electron chi connectivity index (χ4n) is 2.26. The minimum atomic E-state index is -0.447. The maximum atomic E-state index is 13.6. The van der Waals surface area contributed by atoms with E-state index >= 15 is 0 Å². The highest BCUT2D eigenvalue weighted by Gasteiger charge is 2.11. The summed E-state index contributed by atoms with van der Waals surface area (Å²) in [7, 11) is 3.08. The third-order valence-corrected chi connectivity index (χ3v) is 3.60. The fraction of sp³-hybridized carbons (Fsp3) is 0.278. The Bertz CT molecular complexity index is 671. The molecule has 23 heavy (non-hydrogen) atoms. The molecule has 0 aliphatic carbocycles.